The van der Waals surface area contributed by atoms with Gasteiger partial charge in [-0.05, 0) is 12.1 Å². The molecule has 0 fully saturated rings. The van der Waals surface area contributed by atoms with Gasteiger partial charge < -0.3 is 5.11 Å². The van der Waals surface area contributed by atoms with E-state index in [1.165, 1.54) is 24.5 Å². The minimum absolute atomic E-state index is 0.229. The van der Waals surface area contributed by atoms with Crippen molar-refractivity contribution in [1.82, 2.24) is 10.4 Å². The van der Waals surface area contributed by atoms with Gasteiger partial charge in [-0.3, -0.25) is 9.78 Å². The van der Waals surface area contributed by atoms with Crippen LogP contribution in [0.15, 0.2) is 60.0 Å². The highest BCUT2D eigenvalue weighted by Crippen LogP contribution is 2.02. The normalized spacial score (nSPS) is 10.9. The van der Waals surface area contributed by atoms with E-state index in [2.05, 4.69) is 15.5 Å². The molecular weight excluding hydrogens is 258 g/mol. The van der Waals surface area contributed by atoms with Crippen molar-refractivity contribution < 1.29 is 14.7 Å². The van der Waals surface area contributed by atoms with E-state index in [9.17, 15) is 9.59 Å². The molecule has 6 heteroatoms. The van der Waals surface area contributed by atoms with Gasteiger partial charge in [-0.2, -0.15) is 5.10 Å². The van der Waals surface area contributed by atoms with Crippen LogP contribution in [0.25, 0.3) is 0 Å². The van der Waals surface area contributed by atoms with Crippen molar-refractivity contribution >= 4 is 17.6 Å². The van der Waals surface area contributed by atoms with E-state index in [1.807, 2.05) is 0 Å². The molecule has 0 bridgehead atoms. The number of benzene rings is 1. The van der Waals surface area contributed by atoms with Crippen molar-refractivity contribution in [3.63, 3.8) is 0 Å². The number of carboxylic acids is 1. The van der Waals surface area contributed by atoms with Crippen LogP contribution >= 0.6 is 0 Å². The maximum absolute atomic E-state index is 11.8. The Kier molecular flexibility index (Phi) is 4.18. The number of pyridine rings is 1. The van der Waals surface area contributed by atoms with E-state index in [4.69, 9.17) is 5.11 Å². The maximum atomic E-state index is 11.8. The summed E-state index contributed by atoms with van der Waals surface area (Å²) >= 11 is 0. The molecule has 0 radical (unpaired) electrons. The highest BCUT2D eigenvalue weighted by Gasteiger charge is 2.13. The summed E-state index contributed by atoms with van der Waals surface area (Å²) < 4.78 is 0. The Morgan fingerprint density at radius 1 is 1.00 bits per heavy atom. The van der Waals surface area contributed by atoms with Crippen molar-refractivity contribution in [2.24, 2.45) is 5.10 Å². The lowest BCUT2D eigenvalue weighted by Gasteiger charge is -2.03. The van der Waals surface area contributed by atoms with Crippen molar-refractivity contribution in [3.8, 4) is 0 Å². The predicted molar refractivity (Wildman–Crippen MR) is 72.3 cm³/mol. The van der Waals surface area contributed by atoms with Gasteiger partial charge in [0, 0.05) is 23.5 Å². The van der Waals surface area contributed by atoms with E-state index < -0.39 is 11.9 Å². The molecule has 1 aromatic heterocycles. The van der Waals surface area contributed by atoms with Crippen molar-refractivity contribution in [1.29, 1.82) is 0 Å². The fourth-order valence-corrected chi connectivity index (χ4v) is 1.51. The smallest absolute Gasteiger partial charge is 0.356 e. The molecule has 2 aromatic rings. The van der Waals surface area contributed by atoms with Gasteiger partial charge in [-0.25, -0.2) is 10.2 Å². The first-order chi connectivity index (χ1) is 9.68. The molecule has 2 rings (SSSR count). The second-order valence-corrected chi connectivity index (χ2v) is 3.81. The first kappa shape index (κ1) is 13.4. The summed E-state index contributed by atoms with van der Waals surface area (Å²) in [5.41, 5.74) is 2.75. The zero-order chi connectivity index (χ0) is 14.4. The van der Waals surface area contributed by atoms with Crippen molar-refractivity contribution in [3.05, 3.63) is 66.0 Å². The van der Waals surface area contributed by atoms with Crippen LogP contribution in [-0.2, 0) is 4.79 Å². The third kappa shape index (κ3) is 3.26. The van der Waals surface area contributed by atoms with E-state index in [-0.39, 0.29) is 5.71 Å². The summed E-state index contributed by atoms with van der Waals surface area (Å²) in [5, 5.41) is 12.8. The van der Waals surface area contributed by atoms with Gasteiger partial charge in [0.2, 0.25) is 0 Å². The molecule has 0 spiro atoms. The highest BCUT2D eigenvalue weighted by molar-refractivity contribution is 6.42. The molecule has 20 heavy (non-hydrogen) atoms. The summed E-state index contributed by atoms with van der Waals surface area (Å²) in [5.74, 6) is -1.71. The lowest BCUT2D eigenvalue weighted by Crippen LogP contribution is -2.24. The summed E-state index contributed by atoms with van der Waals surface area (Å²) in [4.78, 5) is 26.7. The van der Waals surface area contributed by atoms with Crippen molar-refractivity contribution in [2.45, 2.75) is 0 Å². The quantitative estimate of drug-likeness (QED) is 0.646. The predicted octanol–water partition coefficient (Wildman–Crippen LogP) is 1.30. The number of hydrazone groups is 1. The number of aliphatic carboxylic acids is 1. The van der Waals surface area contributed by atoms with Gasteiger partial charge in [0.15, 0.2) is 5.71 Å². The van der Waals surface area contributed by atoms with Crippen molar-refractivity contribution in [2.75, 3.05) is 0 Å². The molecule has 2 N–H and O–H groups in total. The average Bonchev–Trinajstić information content (AvgIpc) is 2.49. The molecule has 0 saturated heterocycles. The van der Waals surface area contributed by atoms with E-state index in [0.717, 1.165) is 0 Å². The van der Waals surface area contributed by atoms with E-state index in [1.54, 1.807) is 30.3 Å². The summed E-state index contributed by atoms with van der Waals surface area (Å²) in [6.45, 7) is 0. The monoisotopic (exact) mass is 269 g/mol. The van der Waals surface area contributed by atoms with Gasteiger partial charge >= 0.3 is 5.97 Å². The van der Waals surface area contributed by atoms with E-state index in [0.29, 0.717) is 11.1 Å². The Hall–Kier alpha value is -3.02. The summed E-state index contributed by atoms with van der Waals surface area (Å²) in [6.07, 6.45) is 2.93. The Morgan fingerprint density at radius 3 is 2.25 bits per heavy atom. The topological polar surface area (TPSA) is 91.6 Å². The fraction of sp³-hybridized carbons (Fsp3) is 0. The Balaban J connectivity index is 2.19. The van der Waals surface area contributed by atoms with Crippen LogP contribution in [0.3, 0.4) is 0 Å². The second-order valence-electron chi connectivity index (χ2n) is 3.81. The van der Waals surface area contributed by atoms with Crippen LogP contribution < -0.4 is 5.43 Å². The van der Waals surface area contributed by atoms with E-state index >= 15 is 0 Å². The third-order valence-electron chi connectivity index (χ3n) is 2.46. The number of rotatable bonds is 4. The Bertz CT molecular complexity index is 639. The largest absolute Gasteiger partial charge is 0.476 e. The summed E-state index contributed by atoms with van der Waals surface area (Å²) in [6, 6.07) is 11.4. The number of amides is 1. The van der Waals surface area contributed by atoms with Gasteiger partial charge in [-0.15, -0.1) is 0 Å². The molecule has 1 heterocycles. The number of carbonyl (C=O) groups is 2. The maximum Gasteiger partial charge on any atom is 0.356 e. The minimum atomic E-state index is -1.22. The minimum Gasteiger partial charge on any atom is -0.476 e. The van der Waals surface area contributed by atoms with Crippen LogP contribution in [0.1, 0.15) is 15.9 Å². The number of hydrogen-bond donors (Lipinski definition) is 2. The molecular formula is C14H11N3O3. The second kappa shape index (κ2) is 6.24. The van der Waals surface area contributed by atoms with Gasteiger partial charge in [-0.1, -0.05) is 30.3 Å². The van der Waals surface area contributed by atoms with Gasteiger partial charge in [0.1, 0.15) is 0 Å². The molecule has 0 aliphatic carbocycles. The number of carbonyl (C=O) groups excluding carboxylic acids is 1. The number of hydrogen-bond acceptors (Lipinski definition) is 4. The number of nitrogens with one attached hydrogen (secondary N) is 1. The molecule has 0 aliphatic rings. The van der Waals surface area contributed by atoms with Crippen LogP contribution in [0.4, 0.5) is 0 Å². The fourth-order valence-electron chi connectivity index (χ4n) is 1.51. The molecule has 0 saturated carbocycles. The molecule has 100 valence electrons. The SMILES string of the molecule is O=C(O)/C(=N\NC(=O)c1ccncc1)c1ccccc1. The van der Waals surface area contributed by atoms with Crippen LogP contribution in [0, 0.1) is 0 Å². The van der Waals surface area contributed by atoms with Crippen LogP contribution in [0.2, 0.25) is 0 Å². The number of nitrogens with zero attached hydrogens (tertiary/aromatic N) is 2. The molecule has 0 aliphatic heterocycles. The molecule has 1 amide bonds. The molecule has 1 aromatic carbocycles. The summed E-state index contributed by atoms with van der Waals surface area (Å²) in [7, 11) is 0. The zero-order valence-electron chi connectivity index (χ0n) is 10.4. The van der Waals surface area contributed by atoms with Gasteiger partial charge in [0.25, 0.3) is 5.91 Å². The highest BCUT2D eigenvalue weighted by atomic mass is 16.4. The molecule has 0 atom stereocenters. The average molecular weight is 269 g/mol. The molecule has 0 unspecified atom stereocenters. The Labute approximate surface area is 114 Å². The van der Waals surface area contributed by atoms with Crippen LogP contribution in [0.5, 0.6) is 0 Å². The standard InChI is InChI=1S/C14H11N3O3/c18-13(11-6-8-15-9-7-11)17-16-12(14(19)20)10-4-2-1-3-5-10/h1-9H,(H,17,18)(H,19,20)/b16-12-. The lowest BCUT2D eigenvalue weighted by molar-refractivity contribution is -0.129. The number of carboxylic acid groups (broad SMARTS) is 1. The number of aromatic nitrogens is 1. The first-order valence-corrected chi connectivity index (χ1v) is 5.75. The Morgan fingerprint density at radius 2 is 1.65 bits per heavy atom. The van der Waals surface area contributed by atoms with Gasteiger partial charge in [0.05, 0.1) is 0 Å². The lowest BCUT2D eigenvalue weighted by atomic mass is 10.1. The third-order valence-corrected chi connectivity index (χ3v) is 2.46. The first-order valence-electron chi connectivity index (χ1n) is 5.75. The van der Waals surface area contributed by atoms with Crippen LogP contribution in [-0.4, -0.2) is 27.7 Å². The molecule has 6 nitrogen and oxygen atoms in total. The zero-order valence-corrected chi connectivity index (χ0v) is 10.4.